The van der Waals surface area contributed by atoms with E-state index in [4.69, 9.17) is 27.9 Å². The van der Waals surface area contributed by atoms with Crippen LogP contribution in [0.3, 0.4) is 0 Å². The second-order valence-electron chi connectivity index (χ2n) is 7.82. The Morgan fingerprint density at radius 2 is 1.66 bits per heavy atom. The molecule has 0 radical (unpaired) electrons. The number of halogens is 2. The second kappa shape index (κ2) is 9.97. The fourth-order valence-corrected chi connectivity index (χ4v) is 5.88. The summed E-state index contributed by atoms with van der Waals surface area (Å²) < 4.78 is 33.0. The van der Waals surface area contributed by atoms with Crippen LogP contribution < -0.4 is 10.2 Å². The van der Waals surface area contributed by atoms with Gasteiger partial charge in [0.1, 0.15) is 0 Å². The SMILES string of the molecule is O=C(Nc1ccc(Cl)cc1Cl)c1cc(S(=O)(=O)N2CCOCC2)ccc1N1CCCCC1. The lowest BCUT2D eigenvalue weighted by Gasteiger charge is -2.31. The molecular weight excluding hydrogens is 473 g/mol. The Bertz CT molecular complexity index is 1100. The number of benzene rings is 2. The summed E-state index contributed by atoms with van der Waals surface area (Å²) in [4.78, 5) is 15.5. The van der Waals surface area contributed by atoms with Gasteiger partial charge < -0.3 is 15.0 Å². The standard InChI is InChI=1S/C22H25Cl2N3O4S/c23-16-4-6-20(19(24)14-16)25-22(28)18-15-17(32(29,30)27-10-12-31-13-11-27)5-7-21(18)26-8-2-1-3-9-26/h4-7,14-15H,1-3,8-13H2,(H,25,28). The van der Waals surface area contributed by atoms with Crippen molar-refractivity contribution in [2.24, 2.45) is 0 Å². The third kappa shape index (κ3) is 5.05. The number of sulfonamides is 1. The molecule has 0 aromatic heterocycles. The van der Waals surface area contributed by atoms with Gasteiger partial charge in [-0.05, 0) is 55.7 Å². The molecule has 0 atom stereocenters. The maximum atomic E-state index is 13.3. The van der Waals surface area contributed by atoms with E-state index in [1.807, 2.05) is 0 Å². The van der Waals surface area contributed by atoms with E-state index < -0.39 is 15.9 Å². The first-order chi connectivity index (χ1) is 15.4. The van der Waals surface area contributed by atoms with Gasteiger partial charge in [0.15, 0.2) is 0 Å². The first-order valence-electron chi connectivity index (χ1n) is 10.6. The molecule has 1 N–H and O–H groups in total. The molecule has 2 saturated heterocycles. The second-order valence-corrected chi connectivity index (χ2v) is 10.6. The summed E-state index contributed by atoms with van der Waals surface area (Å²) in [7, 11) is -3.74. The molecule has 2 aliphatic rings. The molecule has 0 spiro atoms. The molecule has 32 heavy (non-hydrogen) atoms. The summed E-state index contributed by atoms with van der Waals surface area (Å²) in [5.41, 5.74) is 1.42. The van der Waals surface area contributed by atoms with Gasteiger partial charge in [0.2, 0.25) is 10.0 Å². The maximum Gasteiger partial charge on any atom is 0.257 e. The summed E-state index contributed by atoms with van der Waals surface area (Å²) >= 11 is 12.2. The van der Waals surface area contributed by atoms with Crippen LogP contribution in [0.1, 0.15) is 29.6 Å². The molecule has 10 heteroatoms. The van der Waals surface area contributed by atoms with Crippen molar-refractivity contribution in [1.82, 2.24) is 4.31 Å². The van der Waals surface area contributed by atoms with Gasteiger partial charge in [-0.1, -0.05) is 23.2 Å². The number of ether oxygens (including phenoxy) is 1. The van der Waals surface area contributed by atoms with Gasteiger partial charge in [0.25, 0.3) is 5.91 Å². The predicted molar refractivity (Wildman–Crippen MR) is 126 cm³/mol. The smallest absolute Gasteiger partial charge is 0.257 e. The quantitative estimate of drug-likeness (QED) is 0.667. The van der Waals surface area contributed by atoms with Gasteiger partial charge in [-0.25, -0.2) is 8.42 Å². The zero-order chi connectivity index (χ0) is 22.7. The zero-order valence-electron chi connectivity index (χ0n) is 17.5. The van der Waals surface area contributed by atoms with Crippen LogP contribution in [0, 0.1) is 0 Å². The Labute approximate surface area is 198 Å². The van der Waals surface area contributed by atoms with Crippen molar-refractivity contribution in [2.45, 2.75) is 24.2 Å². The fourth-order valence-electron chi connectivity index (χ4n) is 3.98. The molecule has 0 aliphatic carbocycles. The monoisotopic (exact) mass is 497 g/mol. The normalized spacial score (nSPS) is 17.9. The number of hydrogen-bond acceptors (Lipinski definition) is 5. The highest BCUT2D eigenvalue weighted by atomic mass is 35.5. The van der Waals surface area contributed by atoms with Gasteiger partial charge in [0.05, 0.1) is 34.4 Å². The van der Waals surface area contributed by atoms with Gasteiger partial charge in [-0.3, -0.25) is 4.79 Å². The average Bonchev–Trinajstić information content (AvgIpc) is 2.81. The number of nitrogens with one attached hydrogen (secondary N) is 1. The number of hydrogen-bond donors (Lipinski definition) is 1. The first-order valence-corrected chi connectivity index (χ1v) is 12.8. The molecule has 2 aromatic rings. The lowest BCUT2D eigenvalue weighted by atomic mass is 10.1. The average molecular weight is 498 g/mol. The van der Waals surface area contributed by atoms with Crippen molar-refractivity contribution in [2.75, 3.05) is 49.6 Å². The lowest BCUT2D eigenvalue weighted by Crippen LogP contribution is -2.40. The predicted octanol–water partition coefficient (Wildman–Crippen LogP) is 4.26. The maximum absolute atomic E-state index is 13.3. The van der Waals surface area contributed by atoms with E-state index in [0.717, 1.165) is 32.4 Å². The summed E-state index contributed by atoms with van der Waals surface area (Å²) in [5, 5.41) is 3.57. The molecule has 2 aromatic carbocycles. The van der Waals surface area contributed by atoms with Crippen LogP contribution in [-0.2, 0) is 14.8 Å². The molecule has 1 amide bonds. The van der Waals surface area contributed by atoms with Crippen LogP contribution in [0.4, 0.5) is 11.4 Å². The molecule has 2 heterocycles. The Balaban J connectivity index is 1.71. The minimum Gasteiger partial charge on any atom is -0.379 e. The molecule has 2 aliphatic heterocycles. The third-order valence-corrected chi connectivity index (χ3v) is 8.14. The molecule has 0 saturated carbocycles. The summed E-state index contributed by atoms with van der Waals surface area (Å²) in [5.74, 6) is -0.422. The number of amides is 1. The van der Waals surface area contributed by atoms with Crippen molar-refractivity contribution >= 4 is 50.5 Å². The molecule has 0 unspecified atom stereocenters. The first kappa shape index (κ1) is 23.3. The summed E-state index contributed by atoms with van der Waals surface area (Å²) in [6.45, 7) is 2.92. The number of piperidine rings is 1. The van der Waals surface area contributed by atoms with E-state index in [2.05, 4.69) is 10.2 Å². The van der Waals surface area contributed by atoms with Crippen LogP contribution in [0.5, 0.6) is 0 Å². The van der Waals surface area contributed by atoms with Crippen molar-refractivity contribution in [3.63, 3.8) is 0 Å². The number of nitrogens with zero attached hydrogens (tertiary/aromatic N) is 2. The van der Waals surface area contributed by atoms with Crippen molar-refractivity contribution in [3.05, 3.63) is 52.0 Å². The molecular formula is C22H25Cl2N3O4S. The number of anilines is 2. The lowest BCUT2D eigenvalue weighted by molar-refractivity contribution is 0.0730. The number of rotatable bonds is 5. The molecule has 172 valence electrons. The molecule has 0 bridgehead atoms. The van der Waals surface area contributed by atoms with E-state index in [1.165, 1.54) is 10.4 Å². The largest absolute Gasteiger partial charge is 0.379 e. The van der Waals surface area contributed by atoms with E-state index in [0.29, 0.717) is 40.2 Å². The molecule has 7 nitrogen and oxygen atoms in total. The zero-order valence-corrected chi connectivity index (χ0v) is 19.8. The number of carbonyl (C=O) groups excluding carboxylic acids is 1. The molecule has 2 fully saturated rings. The summed E-state index contributed by atoms with van der Waals surface area (Å²) in [6.07, 6.45) is 3.19. The van der Waals surface area contributed by atoms with Gasteiger partial charge in [-0.2, -0.15) is 4.31 Å². The van der Waals surface area contributed by atoms with Crippen LogP contribution >= 0.6 is 23.2 Å². The third-order valence-electron chi connectivity index (χ3n) is 5.70. The van der Waals surface area contributed by atoms with Crippen molar-refractivity contribution in [3.8, 4) is 0 Å². The topological polar surface area (TPSA) is 79.0 Å². The van der Waals surface area contributed by atoms with Gasteiger partial charge in [0, 0.05) is 36.9 Å². The fraction of sp³-hybridized carbons (Fsp3) is 0.409. The van der Waals surface area contributed by atoms with Gasteiger partial charge >= 0.3 is 0 Å². The van der Waals surface area contributed by atoms with Crippen LogP contribution in [-0.4, -0.2) is 58.0 Å². The summed E-state index contributed by atoms with van der Waals surface area (Å²) in [6, 6.07) is 9.58. The van der Waals surface area contributed by atoms with Crippen LogP contribution in [0.15, 0.2) is 41.3 Å². The Morgan fingerprint density at radius 1 is 0.938 bits per heavy atom. The van der Waals surface area contributed by atoms with E-state index >= 15 is 0 Å². The van der Waals surface area contributed by atoms with E-state index in [1.54, 1.807) is 30.3 Å². The van der Waals surface area contributed by atoms with Crippen LogP contribution in [0.25, 0.3) is 0 Å². The minimum absolute atomic E-state index is 0.0903. The van der Waals surface area contributed by atoms with Crippen molar-refractivity contribution in [1.29, 1.82) is 0 Å². The molecule has 4 rings (SSSR count). The van der Waals surface area contributed by atoms with E-state index in [-0.39, 0.29) is 18.0 Å². The van der Waals surface area contributed by atoms with E-state index in [9.17, 15) is 13.2 Å². The Kier molecular flexibility index (Phi) is 7.27. The van der Waals surface area contributed by atoms with Crippen LogP contribution in [0.2, 0.25) is 10.0 Å². The highest BCUT2D eigenvalue weighted by molar-refractivity contribution is 7.89. The van der Waals surface area contributed by atoms with Gasteiger partial charge in [-0.15, -0.1) is 0 Å². The number of morpholine rings is 1. The minimum atomic E-state index is -3.74. The van der Waals surface area contributed by atoms with Crippen molar-refractivity contribution < 1.29 is 17.9 Å². The Morgan fingerprint density at radius 3 is 2.34 bits per heavy atom. The highest BCUT2D eigenvalue weighted by Crippen LogP contribution is 2.31. The number of carbonyl (C=O) groups is 1. The highest BCUT2D eigenvalue weighted by Gasteiger charge is 2.29. The Hall–Kier alpha value is -1.84.